The number of anilines is 1. The van der Waals surface area contributed by atoms with E-state index in [1.165, 1.54) is 0 Å². The van der Waals surface area contributed by atoms with Gasteiger partial charge in [-0.05, 0) is 59.2 Å². The van der Waals surface area contributed by atoms with E-state index in [0.717, 1.165) is 28.1 Å². The van der Waals surface area contributed by atoms with E-state index in [9.17, 15) is 9.59 Å². The molecule has 0 aliphatic carbocycles. The molecular formula is C33H25ClN2O3. The van der Waals surface area contributed by atoms with Gasteiger partial charge in [0.05, 0.1) is 18.8 Å². The maximum Gasteiger partial charge on any atom is 0.265 e. The van der Waals surface area contributed by atoms with Crippen molar-refractivity contribution in [2.75, 3.05) is 11.5 Å². The zero-order chi connectivity index (χ0) is 26.8. The van der Waals surface area contributed by atoms with Crippen LogP contribution in [0.5, 0.6) is 5.75 Å². The number of halogens is 1. The second-order valence-corrected chi connectivity index (χ2v) is 9.86. The van der Waals surface area contributed by atoms with Crippen molar-refractivity contribution >= 4 is 29.0 Å². The molecule has 5 nitrogen and oxygen atoms in total. The third-order valence-corrected chi connectivity index (χ3v) is 7.22. The third kappa shape index (κ3) is 5.09. The summed E-state index contributed by atoms with van der Waals surface area (Å²) in [5.41, 5.74) is 6.04. The maximum atomic E-state index is 13.6. The van der Waals surface area contributed by atoms with Crippen LogP contribution in [0.1, 0.15) is 27.3 Å². The average Bonchev–Trinajstić information content (AvgIpc) is 3.29. The number of fused-ring (bicyclic) bond motifs is 2. The van der Waals surface area contributed by atoms with Gasteiger partial charge < -0.3 is 14.2 Å². The molecule has 192 valence electrons. The van der Waals surface area contributed by atoms with Gasteiger partial charge in [0.1, 0.15) is 5.75 Å². The van der Waals surface area contributed by atoms with Crippen molar-refractivity contribution in [3.05, 3.63) is 143 Å². The Bertz CT molecular complexity index is 1640. The van der Waals surface area contributed by atoms with Gasteiger partial charge in [-0.2, -0.15) is 0 Å². The first-order chi connectivity index (χ1) is 19.1. The number of benzene rings is 4. The molecule has 0 atom stereocenters. The molecule has 1 aromatic heterocycles. The molecule has 0 N–H and O–H groups in total. The number of carbonyl (C=O) groups excluding carboxylic acids is 2. The Morgan fingerprint density at radius 2 is 1.41 bits per heavy atom. The van der Waals surface area contributed by atoms with Crippen LogP contribution in [0.25, 0.3) is 11.1 Å². The number of aromatic nitrogens is 1. The van der Waals surface area contributed by atoms with Crippen molar-refractivity contribution in [1.82, 2.24) is 4.57 Å². The molecule has 0 fully saturated rings. The van der Waals surface area contributed by atoms with Crippen LogP contribution in [0.4, 0.5) is 5.69 Å². The summed E-state index contributed by atoms with van der Waals surface area (Å²) in [5, 5.41) is 0.605. The number of ether oxygens (including phenoxy) is 1. The fourth-order valence-corrected chi connectivity index (χ4v) is 5.05. The predicted molar refractivity (Wildman–Crippen MR) is 153 cm³/mol. The molecular weight excluding hydrogens is 508 g/mol. The van der Waals surface area contributed by atoms with E-state index in [1.54, 1.807) is 29.2 Å². The molecule has 0 saturated carbocycles. The summed E-state index contributed by atoms with van der Waals surface area (Å²) in [6.45, 7) is 0.708. The van der Waals surface area contributed by atoms with E-state index in [0.29, 0.717) is 35.1 Å². The first-order valence-electron chi connectivity index (χ1n) is 12.7. The number of ketones is 1. The molecule has 6 heteroatoms. The maximum absolute atomic E-state index is 13.6. The largest absolute Gasteiger partial charge is 0.484 e. The van der Waals surface area contributed by atoms with Gasteiger partial charge >= 0.3 is 0 Å². The van der Waals surface area contributed by atoms with E-state index in [2.05, 4.69) is 12.1 Å². The minimum Gasteiger partial charge on any atom is -0.484 e. The lowest BCUT2D eigenvalue weighted by molar-refractivity contribution is -0.120. The molecule has 0 spiro atoms. The number of carbonyl (C=O) groups is 2. The summed E-state index contributed by atoms with van der Waals surface area (Å²) in [4.78, 5) is 28.7. The van der Waals surface area contributed by atoms with Crippen LogP contribution in [-0.4, -0.2) is 22.9 Å². The molecule has 0 radical (unpaired) electrons. The highest BCUT2D eigenvalue weighted by Gasteiger charge is 2.27. The lowest BCUT2D eigenvalue weighted by Gasteiger charge is -2.22. The van der Waals surface area contributed by atoms with Gasteiger partial charge in [-0.3, -0.25) is 9.59 Å². The standard InChI is InChI=1S/C33H25ClN2O3/c34-27-14-17-29(18-15-27)39-22-32(37)36-21-28-16-19-31(35(28)20-26-8-4-5-9-30(26)36)33(38)25-12-10-24(11-13-25)23-6-2-1-3-7-23/h1-19H,20-22H2. The number of para-hydroxylation sites is 1. The minimum atomic E-state index is -0.170. The van der Waals surface area contributed by atoms with Gasteiger partial charge in [-0.1, -0.05) is 84.4 Å². The van der Waals surface area contributed by atoms with Crippen LogP contribution in [0.15, 0.2) is 115 Å². The fraction of sp³-hybridized carbons (Fsp3) is 0.0909. The smallest absolute Gasteiger partial charge is 0.265 e. The van der Waals surface area contributed by atoms with E-state index in [4.69, 9.17) is 16.3 Å². The molecule has 1 aliphatic rings. The Kier molecular flexibility index (Phi) is 6.74. The normalized spacial score (nSPS) is 12.3. The highest BCUT2D eigenvalue weighted by Crippen LogP contribution is 2.30. The van der Waals surface area contributed by atoms with Crippen molar-refractivity contribution in [1.29, 1.82) is 0 Å². The minimum absolute atomic E-state index is 0.0517. The van der Waals surface area contributed by atoms with Crippen LogP contribution in [0.2, 0.25) is 5.02 Å². The van der Waals surface area contributed by atoms with Crippen LogP contribution in [0.3, 0.4) is 0 Å². The van der Waals surface area contributed by atoms with Crippen molar-refractivity contribution in [2.24, 2.45) is 0 Å². The third-order valence-electron chi connectivity index (χ3n) is 6.97. The highest BCUT2D eigenvalue weighted by atomic mass is 35.5. The van der Waals surface area contributed by atoms with E-state index >= 15 is 0 Å². The van der Waals surface area contributed by atoms with Crippen molar-refractivity contribution in [3.8, 4) is 16.9 Å². The number of hydrogen-bond acceptors (Lipinski definition) is 3. The Morgan fingerprint density at radius 3 is 2.18 bits per heavy atom. The molecule has 0 unspecified atom stereocenters. The van der Waals surface area contributed by atoms with Crippen molar-refractivity contribution in [3.63, 3.8) is 0 Å². The molecule has 39 heavy (non-hydrogen) atoms. The van der Waals surface area contributed by atoms with Crippen LogP contribution in [0, 0.1) is 0 Å². The fourth-order valence-electron chi connectivity index (χ4n) is 4.93. The van der Waals surface area contributed by atoms with Crippen molar-refractivity contribution in [2.45, 2.75) is 13.1 Å². The van der Waals surface area contributed by atoms with E-state index < -0.39 is 0 Å². The van der Waals surface area contributed by atoms with Crippen LogP contribution in [-0.2, 0) is 17.9 Å². The second kappa shape index (κ2) is 10.6. The summed E-state index contributed by atoms with van der Waals surface area (Å²) >= 11 is 5.96. The number of nitrogens with zero attached hydrogens (tertiary/aromatic N) is 2. The van der Waals surface area contributed by atoms with Gasteiger partial charge in [0, 0.05) is 22.0 Å². The summed E-state index contributed by atoms with van der Waals surface area (Å²) in [7, 11) is 0. The SMILES string of the molecule is O=C(c1ccc(-c2ccccc2)cc1)c1ccc2n1Cc1ccccc1N(C(=O)COc1ccc(Cl)cc1)C2. The Morgan fingerprint density at radius 1 is 0.718 bits per heavy atom. The molecule has 5 aromatic rings. The number of rotatable bonds is 6. The quantitative estimate of drug-likeness (QED) is 0.221. The zero-order valence-electron chi connectivity index (χ0n) is 21.1. The van der Waals surface area contributed by atoms with Gasteiger partial charge in [-0.15, -0.1) is 0 Å². The van der Waals surface area contributed by atoms with Crippen molar-refractivity contribution < 1.29 is 14.3 Å². The molecule has 1 aliphatic heterocycles. The van der Waals surface area contributed by atoms with Gasteiger partial charge in [0.2, 0.25) is 5.78 Å². The molecule has 2 heterocycles. The lowest BCUT2D eigenvalue weighted by Crippen LogP contribution is -2.34. The highest BCUT2D eigenvalue weighted by molar-refractivity contribution is 6.30. The van der Waals surface area contributed by atoms with E-state index in [1.807, 2.05) is 83.4 Å². The second-order valence-electron chi connectivity index (χ2n) is 9.42. The Balaban J connectivity index is 1.26. The summed E-state index contributed by atoms with van der Waals surface area (Å²) < 4.78 is 7.77. The number of amides is 1. The Labute approximate surface area is 231 Å². The molecule has 4 aromatic carbocycles. The summed E-state index contributed by atoms with van der Waals surface area (Å²) in [6, 6.07) is 36.3. The first kappa shape index (κ1) is 24.7. The predicted octanol–water partition coefficient (Wildman–Crippen LogP) is 7.01. The van der Waals surface area contributed by atoms with Crippen LogP contribution >= 0.6 is 11.6 Å². The molecule has 1 amide bonds. The molecule has 0 bridgehead atoms. The van der Waals surface area contributed by atoms with Gasteiger partial charge in [0.25, 0.3) is 5.91 Å². The van der Waals surface area contributed by atoms with Gasteiger partial charge in [0.15, 0.2) is 6.61 Å². The number of hydrogen-bond donors (Lipinski definition) is 0. The average molecular weight is 533 g/mol. The van der Waals surface area contributed by atoms with Gasteiger partial charge in [-0.25, -0.2) is 0 Å². The monoisotopic (exact) mass is 532 g/mol. The topological polar surface area (TPSA) is 51.5 Å². The summed E-state index contributed by atoms with van der Waals surface area (Å²) in [5.74, 6) is 0.353. The lowest BCUT2D eigenvalue weighted by atomic mass is 10.0. The molecule has 0 saturated heterocycles. The van der Waals surface area contributed by atoms with Crippen LogP contribution < -0.4 is 9.64 Å². The summed E-state index contributed by atoms with van der Waals surface area (Å²) in [6.07, 6.45) is 0. The Hall–Kier alpha value is -4.61. The first-order valence-corrected chi connectivity index (χ1v) is 13.1. The molecule has 6 rings (SSSR count). The zero-order valence-corrected chi connectivity index (χ0v) is 21.8. The van der Waals surface area contributed by atoms with E-state index in [-0.39, 0.29) is 18.3 Å².